The Morgan fingerprint density at radius 3 is 2.88 bits per heavy atom. The maximum absolute atomic E-state index is 11.5. The fraction of sp³-hybridized carbons (Fsp3) is 0.333. The third kappa shape index (κ3) is 4.41. The summed E-state index contributed by atoms with van der Waals surface area (Å²) in [6.07, 6.45) is 0. The first-order valence-corrected chi connectivity index (χ1v) is 6.93. The maximum Gasteiger partial charge on any atom is 0.230 e. The van der Waals surface area contributed by atoms with Crippen LogP contribution < -0.4 is 5.32 Å². The second-order valence-corrected chi connectivity index (χ2v) is 5.61. The smallest absolute Gasteiger partial charge is 0.230 e. The van der Waals surface area contributed by atoms with Gasteiger partial charge in [0.25, 0.3) is 0 Å². The molecule has 0 spiro atoms. The lowest BCUT2D eigenvalue weighted by molar-refractivity contribution is -0.119. The van der Waals surface area contributed by atoms with E-state index in [1.807, 2.05) is 32.0 Å². The van der Waals surface area contributed by atoms with Gasteiger partial charge in [0.1, 0.15) is 6.07 Å². The largest absolute Gasteiger partial charge is 0.353 e. The molecular formula is C12H13BrN2OS. The average molecular weight is 313 g/mol. The molecule has 1 amide bonds. The number of hydrogen-bond donors (Lipinski definition) is 1. The van der Waals surface area contributed by atoms with Crippen LogP contribution in [-0.2, 0) is 4.79 Å². The van der Waals surface area contributed by atoms with Gasteiger partial charge in [0.05, 0.1) is 11.3 Å². The zero-order chi connectivity index (χ0) is 12.8. The van der Waals surface area contributed by atoms with Crippen LogP contribution in [-0.4, -0.2) is 17.7 Å². The van der Waals surface area contributed by atoms with Crippen molar-refractivity contribution < 1.29 is 4.79 Å². The van der Waals surface area contributed by atoms with Crippen molar-refractivity contribution in [1.82, 2.24) is 5.32 Å². The van der Waals surface area contributed by atoms with Gasteiger partial charge in [0.2, 0.25) is 5.91 Å². The lowest BCUT2D eigenvalue weighted by atomic mass is 10.2. The van der Waals surface area contributed by atoms with Gasteiger partial charge in [-0.2, -0.15) is 5.26 Å². The Hall–Kier alpha value is -0.990. The molecule has 90 valence electrons. The number of benzene rings is 1. The van der Waals surface area contributed by atoms with Crippen LogP contribution in [0.1, 0.15) is 19.4 Å². The predicted molar refractivity (Wildman–Crippen MR) is 72.9 cm³/mol. The van der Waals surface area contributed by atoms with Gasteiger partial charge in [-0.3, -0.25) is 4.79 Å². The minimum Gasteiger partial charge on any atom is -0.353 e. The summed E-state index contributed by atoms with van der Waals surface area (Å²) in [4.78, 5) is 12.3. The first kappa shape index (κ1) is 14.1. The quantitative estimate of drug-likeness (QED) is 0.870. The highest BCUT2D eigenvalue weighted by atomic mass is 79.9. The highest BCUT2D eigenvalue weighted by Gasteiger charge is 2.09. The molecule has 0 heterocycles. The molecule has 1 aromatic rings. The zero-order valence-electron chi connectivity index (χ0n) is 9.66. The van der Waals surface area contributed by atoms with Crippen LogP contribution in [0.25, 0.3) is 0 Å². The van der Waals surface area contributed by atoms with Gasteiger partial charge < -0.3 is 5.32 Å². The van der Waals surface area contributed by atoms with E-state index in [0.29, 0.717) is 11.3 Å². The van der Waals surface area contributed by atoms with Crippen LogP contribution in [0.3, 0.4) is 0 Å². The summed E-state index contributed by atoms with van der Waals surface area (Å²) in [5, 5.41) is 11.8. The molecule has 0 bridgehead atoms. The topological polar surface area (TPSA) is 52.9 Å². The summed E-state index contributed by atoms with van der Waals surface area (Å²) in [5.74, 6) is 0.303. The SMILES string of the molecule is CC(C)NC(=O)CSc1cccc(Br)c1C#N. The molecule has 0 aliphatic rings. The van der Waals surface area contributed by atoms with E-state index < -0.39 is 0 Å². The van der Waals surface area contributed by atoms with Crippen molar-refractivity contribution >= 4 is 33.6 Å². The Morgan fingerprint density at radius 2 is 2.29 bits per heavy atom. The van der Waals surface area contributed by atoms with Gasteiger partial charge in [-0.05, 0) is 41.9 Å². The van der Waals surface area contributed by atoms with Crippen molar-refractivity contribution in [1.29, 1.82) is 5.26 Å². The van der Waals surface area contributed by atoms with Gasteiger partial charge in [-0.15, -0.1) is 11.8 Å². The van der Waals surface area contributed by atoms with E-state index in [1.54, 1.807) is 0 Å². The lowest BCUT2D eigenvalue weighted by Gasteiger charge is -2.08. The summed E-state index contributed by atoms with van der Waals surface area (Å²) in [7, 11) is 0. The molecular weight excluding hydrogens is 300 g/mol. The number of amides is 1. The van der Waals surface area contributed by atoms with E-state index in [2.05, 4.69) is 27.3 Å². The zero-order valence-corrected chi connectivity index (χ0v) is 12.1. The second kappa shape index (κ2) is 6.67. The molecule has 1 N–H and O–H groups in total. The lowest BCUT2D eigenvalue weighted by Crippen LogP contribution is -2.31. The molecule has 0 aliphatic heterocycles. The third-order valence-electron chi connectivity index (χ3n) is 1.90. The Labute approximate surface area is 114 Å². The Kier molecular flexibility index (Phi) is 5.52. The van der Waals surface area contributed by atoms with Crippen LogP contribution in [0.4, 0.5) is 0 Å². The molecule has 0 aliphatic carbocycles. The molecule has 5 heteroatoms. The summed E-state index contributed by atoms with van der Waals surface area (Å²) < 4.78 is 0.759. The minimum absolute atomic E-state index is 0.0196. The molecule has 17 heavy (non-hydrogen) atoms. The van der Waals surface area contributed by atoms with Crippen molar-refractivity contribution in [2.45, 2.75) is 24.8 Å². The summed E-state index contributed by atoms with van der Waals surface area (Å²) in [6.45, 7) is 3.84. The van der Waals surface area contributed by atoms with Crippen LogP contribution in [0.5, 0.6) is 0 Å². The van der Waals surface area contributed by atoms with Crippen LogP contribution in [0.15, 0.2) is 27.6 Å². The first-order chi connectivity index (χ1) is 8.04. The fourth-order valence-corrected chi connectivity index (χ4v) is 2.67. The highest BCUT2D eigenvalue weighted by molar-refractivity contribution is 9.10. The Bertz CT molecular complexity index is 454. The number of nitriles is 1. The molecule has 1 aromatic carbocycles. The molecule has 1 rings (SSSR count). The monoisotopic (exact) mass is 312 g/mol. The van der Waals surface area contributed by atoms with Gasteiger partial charge in [0, 0.05) is 15.4 Å². The number of carbonyl (C=O) groups excluding carboxylic acids is 1. The number of hydrogen-bond acceptors (Lipinski definition) is 3. The van der Waals surface area contributed by atoms with E-state index in [4.69, 9.17) is 5.26 Å². The first-order valence-electron chi connectivity index (χ1n) is 5.15. The third-order valence-corrected chi connectivity index (χ3v) is 3.61. The van der Waals surface area contributed by atoms with Gasteiger partial charge in [-0.25, -0.2) is 0 Å². The molecule has 0 saturated carbocycles. The second-order valence-electron chi connectivity index (χ2n) is 3.74. The fourth-order valence-electron chi connectivity index (χ4n) is 1.24. The van der Waals surface area contributed by atoms with E-state index in [1.165, 1.54) is 11.8 Å². The molecule has 0 atom stereocenters. The standard InChI is InChI=1S/C12H13BrN2OS/c1-8(2)15-12(16)7-17-11-5-3-4-10(13)9(11)6-14/h3-5,8H,7H2,1-2H3,(H,15,16). The minimum atomic E-state index is -0.0196. The molecule has 0 saturated heterocycles. The highest BCUT2D eigenvalue weighted by Crippen LogP contribution is 2.27. The normalized spacial score (nSPS) is 10.1. The summed E-state index contributed by atoms with van der Waals surface area (Å²) in [6, 6.07) is 7.78. The number of rotatable bonds is 4. The summed E-state index contributed by atoms with van der Waals surface area (Å²) in [5.41, 5.74) is 0.579. The number of nitrogens with zero attached hydrogens (tertiary/aromatic N) is 1. The molecule has 0 fully saturated rings. The van der Waals surface area contributed by atoms with Gasteiger partial charge in [-0.1, -0.05) is 6.07 Å². The predicted octanol–water partition coefficient (Wildman–Crippen LogP) is 2.94. The number of carbonyl (C=O) groups is 1. The van der Waals surface area contributed by atoms with E-state index in [-0.39, 0.29) is 11.9 Å². The van der Waals surface area contributed by atoms with E-state index in [0.717, 1.165) is 9.37 Å². The van der Waals surface area contributed by atoms with Crippen LogP contribution in [0.2, 0.25) is 0 Å². The molecule has 0 aromatic heterocycles. The van der Waals surface area contributed by atoms with Crippen molar-refractivity contribution in [3.63, 3.8) is 0 Å². The number of nitrogens with one attached hydrogen (secondary N) is 1. The van der Waals surface area contributed by atoms with Crippen LogP contribution >= 0.6 is 27.7 Å². The average Bonchev–Trinajstić information content (AvgIpc) is 2.25. The van der Waals surface area contributed by atoms with Gasteiger partial charge >= 0.3 is 0 Å². The molecule has 0 radical (unpaired) electrons. The molecule has 0 unspecified atom stereocenters. The van der Waals surface area contributed by atoms with Crippen molar-refractivity contribution in [3.8, 4) is 6.07 Å². The summed E-state index contributed by atoms with van der Waals surface area (Å²) >= 11 is 4.69. The van der Waals surface area contributed by atoms with Crippen molar-refractivity contribution in [2.24, 2.45) is 0 Å². The number of halogens is 1. The Morgan fingerprint density at radius 1 is 1.59 bits per heavy atom. The van der Waals surface area contributed by atoms with Crippen LogP contribution in [0, 0.1) is 11.3 Å². The van der Waals surface area contributed by atoms with E-state index >= 15 is 0 Å². The van der Waals surface area contributed by atoms with Crippen molar-refractivity contribution in [3.05, 3.63) is 28.2 Å². The van der Waals surface area contributed by atoms with Gasteiger partial charge in [0.15, 0.2) is 0 Å². The maximum atomic E-state index is 11.5. The van der Waals surface area contributed by atoms with Crippen molar-refractivity contribution in [2.75, 3.05) is 5.75 Å². The molecule has 3 nitrogen and oxygen atoms in total. The number of thioether (sulfide) groups is 1. The Balaban J connectivity index is 2.67. The van der Waals surface area contributed by atoms with E-state index in [9.17, 15) is 4.79 Å².